The molecule has 1 saturated carbocycles. The van der Waals surface area contributed by atoms with Crippen molar-refractivity contribution in [3.63, 3.8) is 0 Å². The molecule has 4 rings (SSSR count). The summed E-state index contributed by atoms with van der Waals surface area (Å²) in [5.41, 5.74) is 4.30. The molecular formula is C24H27N3O3. The molecule has 0 radical (unpaired) electrons. The van der Waals surface area contributed by atoms with E-state index in [2.05, 4.69) is 48.4 Å². The standard InChI is InChI=1S/C24H27N3O3/c1-24(2,3)19-10-8-17(9-11-19)22-26-21(27-30-22)16-6-4-15(5-7-16)14-25-20-12-18(13-20)23(28)29/h4-11,18,20,25H,12-14H2,1-3H3,(H,28,29). The van der Waals surface area contributed by atoms with Gasteiger partial charge in [0.1, 0.15) is 0 Å². The van der Waals surface area contributed by atoms with E-state index in [0.29, 0.717) is 24.6 Å². The summed E-state index contributed by atoms with van der Waals surface area (Å²) in [6.45, 7) is 7.27. The molecule has 3 aromatic rings. The van der Waals surface area contributed by atoms with Crippen LogP contribution in [0.5, 0.6) is 0 Å². The van der Waals surface area contributed by atoms with Crippen molar-refractivity contribution in [1.82, 2.24) is 15.5 Å². The lowest BCUT2D eigenvalue weighted by Crippen LogP contribution is -2.43. The Morgan fingerprint density at radius 3 is 2.30 bits per heavy atom. The maximum Gasteiger partial charge on any atom is 0.306 e. The van der Waals surface area contributed by atoms with Crippen molar-refractivity contribution in [2.24, 2.45) is 5.92 Å². The third-order valence-corrected chi connectivity index (χ3v) is 5.72. The highest BCUT2D eigenvalue weighted by Gasteiger charge is 2.33. The molecule has 30 heavy (non-hydrogen) atoms. The topological polar surface area (TPSA) is 88.2 Å². The monoisotopic (exact) mass is 405 g/mol. The van der Waals surface area contributed by atoms with E-state index in [1.807, 2.05) is 36.4 Å². The van der Waals surface area contributed by atoms with Crippen LogP contribution in [0.15, 0.2) is 53.1 Å². The second-order valence-corrected chi connectivity index (χ2v) is 9.03. The maximum absolute atomic E-state index is 10.9. The first-order chi connectivity index (χ1) is 14.3. The summed E-state index contributed by atoms with van der Waals surface area (Å²) < 4.78 is 5.47. The minimum absolute atomic E-state index is 0.103. The van der Waals surface area contributed by atoms with Crippen LogP contribution in [0, 0.1) is 5.92 Å². The first kappa shape index (κ1) is 20.3. The highest BCUT2D eigenvalue weighted by molar-refractivity contribution is 5.71. The van der Waals surface area contributed by atoms with E-state index in [1.165, 1.54) is 5.56 Å². The smallest absolute Gasteiger partial charge is 0.306 e. The van der Waals surface area contributed by atoms with Crippen LogP contribution in [-0.4, -0.2) is 27.3 Å². The Kier molecular flexibility index (Phi) is 5.43. The highest BCUT2D eigenvalue weighted by Crippen LogP contribution is 2.28. The zero-order valence-electron chi connectivity index (χ0n) is 17.6. The number of carboxylic acid groups (broad SMARTS) is 1. The average molecular weight is 405 g/mol. The predicted octanol–water partition coefficient (Wildman–Crippen LogP) is 4.65. The summed E-state index contributed by atoms with van der Waals surface area (Å²) in [6, 6.07) is 16.5. The molecule has 0 amide bonds. The summed E-state index contributed by atoms with van der Waals surface area (Å²) in [7, 11) is 0. The lowest BCUT2D eigenvalue weighted by Gasteiger charge is -2.33. The van der Waals surface area contributed by atoms with Crippen LogP contribution in [-0.2, 0) is 16.8 Å². The Bertz CT molecular complexity index is 1010. The van der Waals surface area contributed by atoms with Gasteiger partial charge in [-0.25, -0.2) is 0 Å². The Hall–Kier alpha value is -2.99. The third kappa shape index (κ3) is 4.44. The van der Waals surface area contributed by atoms with Gasteiger partial charge < -0.3 is 14.9 Å². The molecule has 0 saturated heterocycles. The zero-order valence-corrected chi connectivity index (χ0v) is 17.6. The molecule has 0 spiro atoms. The van der Waals surface area contributed by atoms with Gasteiger partial charge in [0.25, 0.3) is 5.89 Å². The van der Waals surface area contributed by atoms with Crippen LogP contribution >= 0.6 is 0 Å². The first-order valence-corrected chi connectivity index (χ1v) is 10.3. The van der Waals surface area contributed by atoms with E-state index < -0.39 is 5.97 Å². The van der Waals surface area contributed by atoms with Crippen LogP contribution in [0.3, 0.4) is 0 Å². The molecule has 1 aliphatic carbocycles. The number of carboxylic acids is 1. The van der Waals surface area contributed by atoms with E-state index >= 15 is 0 Å². The van der Waals surface area contributed by atoms with Crippen molar-refractivity contribution in [1.29, 1.82) is 0 Å². The summed E-state index contributed by atoms with van der Waals surface area (Å²) in [6.07, 6.45) is 1.41. The van der Waals surface area contributed by atoms with E-state index in [1.54, 1.807) is 0 Å². The van der Waals surface area contributed by atoms with Crippen molar-refractivity contribution in [2.45, 2.75) is 51.6 Å². The van der Waals surface area contributed by atoms with Crippen molar-refractivity contribution >= 4 is 5.97 Å². The number of carbonyl (C=O) groups is 1. The summed E-state index contributed by atoms with van der Waals surface area (Å²) in [5, 5.41) is 16.5. The number of hydrogen-bond donors (Lipinski definition) is 2. The lowest BCUT2D eigenvalue weighted by atomic mass is 9.80. The normalized spacial score (nSPS) is 18.8. The van der Waals surface area contributed by atoms with E-state index in [4.69, 9.17) is 9.63 Å². The minimum atomic E-state index is -0.693. The SMILES string of the molecule is CC(C)(C)c1ccc(-c2nc(-c3ccc(CNC4CC(C(=O)O)C4)cc3)no2)cc1. The molecule has 6 heteroatoms. The zero-order chi connectivity index (χ0) is 21.3. The first-order valence-electron chi connectivity index (χ1n) is 10.3. The fourth-order valence-electron chi connectivity index (χ4n) is 3.59. The second-order valence-electron chi connectivity index (χ2n) is 9.03. The summed E-state index contributed by atoms with van der Waals surface area (Å²) in [5.74, 6) is 0.186. The molecular weight excluding hydrogens is 378 g/mol. The number of aliphatic carboxylic acids is 1. The van der Waals surface area contributed by atoms with Crippen LogP contribution in [0.2, 0.25) is 0 Å². The number of benzene rings is 2. The Balaban J connectivity index is 1.37. The quantitative estimate of drug-likeness (QED) is 0.620. The maximum atomic E-state index is 10.9. The number of aromatic nitrogens is 2. The summed E-state index contributed by atoms with van der Waals surface area (Å²) in [4.78, 5) is 15.4. The van der Waals surface area contributed by atoms with Gasteiger partial charge in [-0.15, -0.1) is 0 Å². The van der Waals surface area contributed by atoms with Gasteiger partial charge in [0.05, 0.1) is 5.92 Å². The molecule has 1 aliphatic rings. The average Bonchev–Trinajstić information content (AvgIpc) is 3.16. The minimum Gasteiger partial charge on any atom is -0.481 e. The van der Waals surface area contributed by atoms with Crippen LogP contribution in [0.1, 0.15) is 44.7 Å². The molecule has 2 aromatic carbocycles. The van der Waals surface area contributed by atoms with Crippen LogP contribution in [0.25, 0.3) is 22.8 Å². The lowest BCUT2D eigenvalue weighted by molar-refractivity contribution is -0.145. The summed E-state index contributed by atoms with van der Waals surface area (Å²) >= 11 is 0. The molecule has 6 nitrogen and oxygen atoms in total. The fraction of sp³-hybridized carbons (Fsp3) is 0.375. The van der Waals surface area contributed by atoms with Gasteiger partial charge in [0.2, 0.25) is 5.82 Å². The molecule has 1 heterocycles. The van der Waals surface area contributed by atoms with Crippen molar-refractivity contribution in [3.8, 4) is 22.8 Å². The van der Waals surface area contributed by atoms with Crippen LogP contribution < -0.4 is 5.32 Å². The largest absolute Gasteiger partial charge is 0.481 e. The highest BCUT2D eigenvalue weighted by atomic mass is 16.5. The predicted molar refractivity (Wildman–Crippen MR) is 115 cm³/mol. The molecule has 156 valence electrons. The van der Waals surface area contributed by atoms with Crippen LogP contribution in [0.4, 0.5) is 0 Å². The molecule has 0 atom stereocenters. The Morgan fingerprint density at radius 2 is 1.70 bits per heavy atom. The van der Waals surface area contributed by atoms with E-state index in [0.717, 1.165) is 23.2 Å². The van der Waals surface area contributed by atoms with Gasteiger partial charge in [-0.05, 0) is 41.5 Å². The second kappa shape index (κ2) is 8.03. The third-order valence-electron chi connectivity index (χ3n) is 5.72. The van der Waals surface area contributed by atoms with Gasteiger partial charge in [-0.2, -0.15) is 4.98 Å². The molecule has 0 unspecified atom stereocenters. The van der Waals surface area contributed by atoms with Gasteiger partial charge in [-0.1, -0.05) is 62.3 Å². The van der Waals surface area contributed by atoms with E-state index in [9.17, 15) is 4.79 Å². The van der Waals surface area contributed by atoms with Gasteiger partial charge in [0.15, 0.2) is 0 Å². The molecule has 0 bridgehead atoms. The molecule has 2 N–H and O–H groups in total. The molecule has 1 aromatic heterocycles. The van der Waals surface area contributed by atoms with Gasteiger partial charge in [0, 0.05) is 23.7 Å². The van der Waals surface area contributed by atoms with Crippen molar-refractivity contribution < 1.29 is 14.4 Å². The van der Waals surface area contributed by atoms with Crippen molar-refractivity contribution in [2.75, 3.05) is 0 Å². The van der Waals surface area contributed by atoms with Crippen molar-refractivity contribution in [3.05, 3.63) is 59.7 Å². The van der Waals surface area contributed by atoms with Gasteiger partial charge >= 0.3 is 5.97 Å². The Morgan fingerprint density at radius 1 is 1.07 bits per heavy atom. The number of nitrogens with zero attached hydrogens (tertiary/aromatic N) is 2. The molecule has 0 aliphatic heterocycles. The number of rotatable bonds is 6. The Labute approximate surface area is 176 Å². The van der Waals surface area contributed by atoms with Gasteiger partial charge in [-0.3, -0.25) is 4.79 Å². The fourth-order valence-corrected chi connectivity index (χ4v) is 3.59. The van der Waals surface area contributed by atoms with E-state index in [-0.39, 0.29) is 17.4 Å². The number of hydrogen-bond acceptors (Lipinski definition) is 5. The number of nitrogens with one attached hydrogen (secondary N) is 1. The molecule has 1 fully saturated rings.